The Morgan fingerprint density at radius 1 is 0.431 bits per heavy atom. The van der Waals surface area contributed by atoms with Gasteiger partial charge in [0, 0.05) is 39.5 Å². The zero-order valence-electron chi connectivity index (χ0n) is 39.4. The van der Waals surface area contributed by atoms with Crippen LogP contribution >= 0.6 is 0 Å². The van der Waals surface area contributed by atoms with Crippen molar-refractivity contribution >= 4 is 57.2 Å². The highest BCUT2D eigenvalue weighted by molar-refractivity contribution is 7.00. The van der Waals surface area contributed by atoms with E-state index in [4.69, 9.17) is 0 Å². The summed E-state index contributed by atoms with van der Waals surface area (Å²) in [5.74, 6) is 2.14. The molecule has 2 nitrogen and oxygen atoms in total. The van der Waals surface area contributed by atoms with Crippen LogP contribution in [0.3, 0.4) is 0 Å². The molecule has 65 heavy (non-hydrogen) atoms. The highest BCUT2D eigenvalue weighted by Gasteiger charge is 2.45. The van der Waals surface area contributed by atoms with Crippen molar-refractivity contribution in [3.8, 4) is 0 Å². The average molecular weight is 849 g/mol. The lowest BCUT2D eigenvalue weighted by Crippen LogP contribution is -2.61. The van der Waals surface area contributed by atoms with Crippen LogP contribution in [0.5, 0.6) is 0 Å². The zero-order chi connectivity index (χ0) is 44.2. The van der Waals surface area contributed by atoms with Gasteiger partial charge in [-0.15, -0.1) is 0 Å². The maximum Gasteiger partial charge on any atom is 0.252 e. The van der Waals surface area contributed by atoms with Gasteiger partial charge in [-0.1, -0.05) is 175 Å². The average Bonchev–Trinajstić information content (AvgIpc) is 3.36. The summed E-state index contributed by atoms with van der Waals surface area (Å²) >= 11 is 0. The molecular formula is C62H65BN2. The quantitative estimate of drug-likeness (QED) is 0.105. The number of rotatable bonds is 9. The van der Waals surface area contributed by atoms with E-state index < -0.39 is 5.41 Å². The van der Waals surface area contributed by atoms with Crippen molar-refractivity contribution in [2.45, 2.75) is 128 Å². The van der Waals surface area contributed by atoms with Crippen LogP contribution in [-0.2, 0) is 5.41 Å². The molecule has 0 bridgehead atoms. The fourth-order valence-corrected chi connectivity index (χ4v) is 12.3. The Bertz CT molecular complexity index is 2750. The van der Waals surface area contributed by atoms with Crippen molar-refractivity contribution in [1.29, 1.82) is 0 Å². The first-order chi connectivity index (χ1) is 31.8. The highest BCUT2D eigenvalue weighted by Crippen LogP contribution is 2.50. The summed E-state index contributed by atoms with van der Waals surface area (Å²) in [5.41, 5.74) is 21.1. The van der Waals surface area contributed by atoms with Crippen molar-refractivity contribution in [2.24, 2.45) is 0 Å². The molecule has 2 aliphatic heterocycles. The maximum atomic E-state index is 2.66. The number of benzene rings is 7. The Labute approximate surface area is 389 Å². The van der Waals surface area contributed by atoms with E-state index in [1.54, 1.807) is 0 Å². The number of nitrogens with zero attached hydrogens (tertiary/aromatic N) is 2. The molecule has 2 aliphatic carbocycles. The third kappa shape index (κ3) is 7.35. The third-order valence-corrected chi connectivity index (χ3v) is 16.2. The first-order valence-corrected chi connectivity index (χ1v) is 25.1. The van der Waals surface area contributed by atoms with Crippen molar-refractivity contribution < 1.29 is 0 Å². The largest absolute Gasteiger partial charge is 0.311 e. The van der Waals surface area contributed by atoms with Crippen LogP contribution in [0.1, 0.15) is 161 Å². The summed E-state index contributed by atoms with van der Waals surface area (Å²) in [6.07, 6.45) is 13.2. The second-order valence-corrected chi connectivity index (χ2v) is 20.7. The van der Waals surface area contributed by atoms with Crippen LogP contribution in [0.15, 0.2) is 158 Å². The zero-order valence-corrected chi connectivity index (χ0v) is 39.4. The lowest BCUT2D eigenvalue weighted by molar-refractivity contribution is 0.443. The van der Waals surface area contributed by atoms with Crippen molar-refractivity contribution in [3.63, 3.8) is 0 Å². The first kappa shape index (κ1) is 41.9. The monoisotopic (exact) mass is 849 g/mol. The lowest BCUT2D eigenvalue weighted by atomic mass is 9.33. The molecule has 0 amide bonds. The third-order valence-electron chi connectivity index (χ3n) is 16.2. The standard InChI is InChI=1S/C62H65BN2/c1-42(2)44-26-32-53(33-27-44)64-58-37-31-49(46-20-12-7-13-21-46)39-56(58)63-55-38-48(43(3)4)30-36-57(55)65(54-34-28-47(29-35-54)45-18-10-6-11-19-45)60-41-52(40-59(64)61(60)63)62(5,50-22-14-8-15-23-50)51-24-16-9-17-25-51/h8-9,14-17,22-43,45-46H,6-7,10-13,18-21H2,1-5H3. The molecule has 4 aliphatic rings. The molecule has 0 saturated heterocycles. The predicted octanol–water partition coefficient (Wildman–Crippen LogP) is 15.5. The fourth-order valence-electron chi connectivity index (χ4n) is 12.3. The van der Waals surface area contributed by atoms with E-state index in [0.29, 0.717) is 23.7 Å². The molecule has 2 saturated carbocycles. The van der Waals surface area contributed by atoms with Gasteiger partial charge in [0.25, 0.3) is 6.71 Å². The Hall–Kier alpha value is -5.80. The second-order valence-electron chi connectivity index (χ2n) is 20.7. The normalized spacial score (nSPS) is 16.4. The van der Waals surface area contributed by atoms with Crippen LogP contribution in [0.25, 0.3) is 0 Å². The summed E-state index contributed by atoms with van der Waals surface area (Å²) in [7, 11) is 0. The van der Waals surface area contributed by atoms with E-state index in [0.717, 1.165) is 0 Å². The Kier molecular flexibility index (Phi) is 11.1. The topological polar surface area (TPSA) is 6.48 Å². The van der Waals surface area contributed by atoms with E-state index >= 15 is 0 Å². The fraction of sp³-hybridized carbons (Fsp3) is 0.323. The number of hydrogen-bond acceptors (Lipinski definition) is 2. The lowest BCUT2D eigenvalue weighted by Gasteiger charge is -2.46. The maximum absolute atomic E-state index is 2.66. The van der Waals surface area contributed by atoms with Crippen LogP contribution < -0.4 is 26.2 Å². The molecule has 7 aromatic rings. The summed E-state index contributed by atoms with van der Waals surface area (Å²) < 4.78 is 0. The smallest absolute Gasteiger partial charge is 0.252 e. The molecule has 326 valence electrons. The van der Waals surface area contributed by atoms with Crippen molar-refractivity contribution in [3.05, 3.63) is 197 Å². The van der Waals surface area contributed by atoms with Gasteiger partial charge in [0.15, 0.2) is 0 Å². The molecular weight excluding hydrogens is 784 g/mol. The van der Waals surface area contributed by atoms with Crippen LogP contribution in [0.2, 0.25) is 0 Å². The van der Waals surface area contributed by atoms with Gasteiger partial charge in [-0.3, -0.25) is 0 Å². The molecule has 2 heterocycles. The van der Waals surface area contributed by atoms with Gasteiger partial charge >= 0.3 is 0 Å². The van der Waals surface area contributed by atoms with Gasteiger partial charge in [-0.05, 0) is 160 Å². The summed E-state index contributed by atoms with van der Waals surface area (Å²) in [5, 5.41) is 0. The molecule has 11 rings (SSSR count). The van der Waals surface area contributed by atoms with Crippen LogP contribution in [-0.4, -0.2) is 6.71 Å². The van der Waals surface area contributed by atoms with Gasteiger partial charge in [-0.25, -0.2) is 0 Å². The molecule has 0 atom stereocenters. The summed E-state index contributed by atoms with van der Waals surface area (Å²) in [4.78, 5) is 5.29. The van der Waals surface area contributed by atoms with Gasteiger partial charge in [-0.2, -0.15) is 0 Å². The van der Waals surface area contributed by atoms with E-state index in [2.05, 4.69) is 202 Å². The van der Waals surface area contributed by atoms with Crippen LogP contribution in [0.4, 0.5) is 34.1 Å². The molecule has 7 aromatic carbocycles. The Balaban J connectivity index is 1.23. The van der Waals surface area contributed by atoms with Gasteiger partial charge in [0.05, 0.1) is 0 Å². The van der Waals surface area contributed by atoms with Crippen molar-refractivity contribution in [1.82, 2.24) is 0 Å². The molecule has 2 fully saturated rings. The molecule has 0 radical (unpaired) electrons. The number of fused-ring (bicyclic) bond motifs is 4. The van der Waals surface area contributed by atoms with E-state index in [1.807, 2.05) is 0 Å². The van der Waals surface area contributed by atoms with E-state index in [-0.39, 0.29) is 6.71 Å². The molecule has 0 aromatic heterocycles. The Morgan fingerprint density at radius 2 is 0.877 bits per heavy atom. The second kappa shape index (κ2) is 17.2. The van der Waals surface area contributed by atoms with Gasteiger partial charge in [0.1, 0.15) is 0 Å². The minimum Gasteiger partial charge on any atom is -0.311 e. The number of hydrogen-bond donors (Lipinski definition) is 0. The molecule has 0 N–H and O–H groups in total. The van der Waals surface area contributed by atoms with E-state index in [9.17, 15) is 0 Å². The predicted molar refractivity (Wildman–Crippen MR) is 279 cm³/mol. The van der Waals surface area contributed by atoms with Gasteiger partial charge in [0.2, 0.25) is 0 Å². The highest BCUT2D eigenvalue weighted by atomic mass is 15.2. The summed E-state index contributed by atoms with van der Waals surface area (Å²) in [6.45, 7) is 11.8. The molecule has 3 heteroatoms. The van der Waals surface area contributed by atoms with E-state index in [1.165, 1.54) is 154 Å². The SMILES string of the molecule is CC(C)c1ccc(N2c3ccc(C4CCCCC4)cc3B3c4cc(C(C)C)ccc4N(c4ccc(C5CCCCC5)cc4)c4cc(C(C)(c5ccccc5)c5ccccc5)cc2c43)cc1. The van der Waals surface area contributed by atoms with Gasteiger partial charge < -0.3 is 9.80 Å². The van der Waals surface area contributed by atoms with Crippen LogP contribution in [0, 0.1) is 0 Å². The summed E-state index contributed by atoms with van der Waals surface area (Å²) in [6, 6.07) is 62.0. The molecule has 0 unspecified atom stereocenters. The van der Waals surface area contributed by atoms with Crippen molar-refractivity contribution in [2.75, 3.05) is 9.80 Å². The Morgan fingerprint density at radius 3 is 1.40 bits per heavy atom. The minimum absolute atomic E-state index is 0.0740. The first-order valence-electron chi connectivity index (χ1n) is 25.1. The number of anilines is 6. The minimum atomic E-state index is -0.444. The molecule has 0 spiro atoms.